The van der Waals surface area contributed by atoms with Gasteiger partial charge in [0.1, 0.15) is 5.78 Å². The van der Waals surface area contributed by atoms with Gasteiger partial charge in [0.15, 0.2) is 0 Å². The largest absolute Gasteiger partial charge is 0.481 e. The third-order valence-corrected chi connectivity index (χ3v) is 4.66. The number of carbonyl (C=O) groups is 2. The van der Waals surface area contributed by atoms with Crippen molar-refractivity contribution in [1.82, 2.24) is 0 Å². The molecule has 6 nitrogen and oxygen atoms in total. The number of rotatable bonds is 11. The van der Waals surface area contributed by atoms with Crippen molar-refractivity contribution in [2.45, 2.75) is 76.6 Å². The summed E-state index contributed by atoms with van der Waals surface area (Å²) in [6.45, 7) is 2.09. The first kappa shape index (κ1) is 20.8. The molecule has 1 saturated carbocycles. The SMILES string of the molecule is CCCCC[C@H](O)C=C[C@@H]1[C@@H](CC(=O)CCC(=O)O)[C@@H](O)C[C@@H]1O. The molecule has 0 spiro atoms. The van der Waals surface area contributed by atoms with E-state index in [9.17, 15) is 24.9 Å². The predicted molar refractivity (Wildman–Crippen MR) is 89.4 cm³/mol. The molecule has 5 atom stereocenters. The number of aliphatic carboxylic acids is 1. The van der Waals surface area contributed by atoms with Crippen LogP contribution in [0.4, 0.5) is 0 Å². The molecular formula is C18H30O6. The molecule has 0 aromatic rings. The Labute approximate surface area is 143 Å². The molecule has 0 radical (unpaired) electrons. The highest BCUT2D eigenvalue weighted by Gasteiger charge is 2.41. The number of unbranched alkanes of at least 4 members (excludes halogenated alkanes) is 2. The normalized spacial score (nSPS) is 28.3. The van der Waals surface area contributed by atoms with E-state index in [2.05, 4.69) is 6.92 Å². The molecule has 0 amide bonds. The minimum Gasteiger partial charge on any atom is -0.481 e. The number of hydrogen-bond donors (Lipinski definition) is 4. The van der Waals surface area contributed by atoms with Gasteiger partial charge in [-0.25, -0.2) is 0 Å². The molecule has 6 heteroatoms. The third kappa shape index (κ3) is 7.11. The molecule has 0 bridgehead atoms. The number of Topliss-reactive ketones (excluding diaryl/α,β-unsaturated/α-hetero) is 1. The lowest BCUT2D eigenvalue weighted by molar-refractivity contribution is -0.138. The quantitative estimate of drug-likeness (QED) is 0.335. The van der Waals surface area contributed by atoms with E-state index in [0.717, 1.165) is 19.3 Å². The number of aliphatic hydroxyl groups excluding tert-OH is 3. The zero-order chi connectivity index (χ0) is 18.1. The predicted octanol–water partition coefficient (Wildman–Crippen LogP) is 1.67. The zero-order valence-corrected chi connectivity index (χ0v) is 14.3. The van der Waals surface area contributed by atoms with Crippen molar-refractivity contribution in [2.75, 3.05) is 0 Å². The summed E-state index contributed by atoms with van der Waals surface area (Å²) in [6.07, 6.45) is 4.86. The number of hydrogen-bond acceptors (Lipinski definition) is 5. The van der Waals surface area contributed by atoms with Crippen LogP contribution in [0, 0.1) is 11.8 Å². The van der Waals surface area contributed by atoms with Gasteiger partial charge in [0.25, 0.3) is 0 Å². The second kappa shape index (κ2) is 10.6. The van der Waals surface area contributed by atoms with E-state index in [-0.39, 0.29) is 31.5 Å². The van der Waals surface area contributed by atoms with Crippen LogP contribution in [0.2, 0.25) is 0 Å². The first-order chi connectivity index (χ1) is 11.3. The zero-order valence-electron chi connectivity index (χ0n) is 14.3. The van der Waals surface area contributed by atoms with E-state index in [4.69, 9.17) is 5.11 Å². The number of aliphatic hydroxyl groups is 3. The summed E-state index contributed by atoms with van der Waals surface area (Å²) < 4.78 is 0. The summed E-state index contributed by atoms with van der Waals surface area (Å²) in [7, 11) is 0. The fraction of sp³-hybridized carbons (Fsp3) is 0.778. The van der Waals surface area contributed by atoms with Crippen molar-refractivity contribution in [3.8, 4) is 0 Å². The fourth-order valence-corrected chi connectivity index (χ4v) is 3.23. The molecule has 0 heterocycles. The molecule has 24 heavy (non-hydrogen) atoms. The van der Waals surface area contributed by atoms with E-state index in [0.29, 0.717) is 6.42 Å². The van der Waals surface area contributed by atoms with Crippen molar-refractivity contribution in [2.24, 2.45) is 11.8 Å². The standard InChI is InChI=1S/C18H30O6/c1-2-3-4-5-12(19)6-8-14-15(17(22)11-16(14)21)10-13(20)7-9-18(23)24/h6,8,12,14-17,19,21-22H,2-5,7,9-11H2,1H3,(H,23,24)/t12-,14+,15+,16-,17-/m0/s1. The van der Waals surface area contributed by atoms with Crippen LogP contribution in [0.25, 0.3) is 0 Å². The summed E-state index contributed by atoms with van der Waals surface area (Å²) in [5.74, 6) is -2.07. The Morgan fingerprint density at radius 2 is 1.88 bits per heavy atom. The average molecular weight is 342 g/mol. The van der Waals surface area contributed by atoms with Crippen molar-refractivity contribution in [3.63, 3.8) is 0 Å². The number of ketones is 1. The van der Waals surface area contributed by atoms with Gasteiger partial charge in [-0.15, -0.1) is 0 Å². The van der Waals surface area contributed by atoms with Crippen molar-refractivity contribution < 1.29 is 30.0 Å². The maximum absolute atomic E-state index is 11.9. The van der Waals surface area contributed by atoms with Crippen molar-refractivity contribution >= 4 is 11.8 Å². The monoisotopic (exact) mass is 342 g/mol. The summed E-state index contributed by atoms with van der Waals surface area (Å²) in [4.78, 5) is 22.4. The Bertz CT molecular complexity index is 433. The Hall–Kier alpha value is -1.24. The summed E-state index contributed by atoms with van der Waals surface area (Å²) in [6, 6.07) is 0. The van der Waals surface area contributed by atoms with Crippen LogP contribution in [0.3, 0.4) is 0 Å². The van der Waals surface area contributed by atoms with Crippen LogP contribution in [0.1, 0.15) is 58.3 Å². The molecule has 4 N–H and O–H groups in total. The molecule has 1 rings (SSSR count). The molecule has 0 aromatic heterocycles. The van der Waals surface area contributed by atoms with Crippen LogP contribution < -0.4 is 0 Å². The van der Waals surface area contributed by atoms with E-state index in [1.165, 1.54) is 0 Å². The van der Waals surface area contributed by atoms with Gasteiger partial charge < -0.3 is 20.4 Å². The van der Waals surface area contributed by atoms with Gasteiger partial charge in [-0.3, -0.25) is 9.59 Å². The lowest BCUT2D eigenvalue weighted by atomic mass is 9.87. The fourth-order valence-electron chi connectivity index (χ4n) is 3.23. The second-order valence-electron chi connectivity index (χ2n) is 6.70. The molecule has 1 fully saturated rings. The van der Waals surface area contributed by atoms with E-state index in [1.54, 1.807) is 12.2 Å². The summed E-state index contributed by atoms with van der Waals surface area (Å²) >= 11 is 0. The Morgan fingerprint density at radius 3 is 2.50 bits per heavy atom. The van der Waals surface area contributed by atoms with Gasteiger partial charge in [-0.1, -0.05) is 38.3 Å². The van der Waals surface area contributed by atoms with E-state index < -0.39 is 36.1 Å². The smallest absolute Gasteiger partial charge is 0.303 e. The molecule has 0 saturated heterocycles. The minimum absolute atomic E-state index is 0.0481. The van der Waals surface area contributed by atoms with Gasteiger partial charge >= 0.3 is 5.97 Å². The lowest BCUT2D eigenvalue weighted by Gasteiger charge is -2.20. The van der Waals surface area contributed by atoms with E-state index in [1.807, 2.05) is 0 Å². The Balaban J connectivity index is 2.58. The van der Waals surface area contributed by atoms with E-state index >= 15 is 0 Å². The third-order valence-electron chi connectivity index (χ3n) is 4.66. The first-order valence-corrected chi connectivity index (χ1v) is 8.81. The highest BCUT2D eigenvalue weighted by molar-refractivity contribution is 5.82. The lowest BCUT2D eigenvalue weighted by Crippen LogP contribution is -2.24. The summed E-state index contributed by atoms with van der Waals surface area (Å²) in [5.41, 5.74) is 0. The second-order valence-corrected chi connectivity index (χ2v) is 6.70. The molecule has 1 aliphatic rings. The Kier molecular flexibility index (Phi) is 9.18. The first-order valence-electron chi connectivity index (χ1n) is 8.81. The van der Waals surface area contributed by atoms with Gasteiger partial charge in [0, 0.05) is 31.1 Å². The molecule has 138 valence electrons. The van der Waals surface area contributed by atoms with Crippen LogP contribution >= 0.6 is 0 Å². The maximum atomic E-state index is 11.9. The summed E-state index contributed by atoms with van der Waals surface area (Å²) in [5, 5.41) is 38.7. The topological polar surface area (TPSA) is 115 Å². The van der Waals surface area contributed by atoms with Crippen LogP contribution in [-0.4, -0.2) is 50.5 Å². The molecule has 0 aliphatic heterocycles. The van der Waals surface area contributed by atoms with Gasteiger partial charge in [-0.05, 0) is 6.42 Å². The van der Waals surface area contributed by atoms with Crippen LogP contribution in [0.15, 0.2) is 12.2 Å². The molecular weight excluding hydrogens is 312 g/mol. The average Bonchev–Trinajstić information content (AvgIpc) is 2.77. The number of carboxylic acid groups (broad SMARTS) is 1. The Morgan fingerprint density at radius 1 is 1.17 bits per heavy atom. The highest BCUT2D eigenvalue weighted by Crippen LogP contribution is 2.36. The molecule has 1 aliphatic carbocycles. The van der Waals surface area contributed by atoms with Crippen LogP contribution in [0.5, 0.6) is 0 Å². The van der Waals surface area contributed by atoms with Crippen molar-refractivity contribution in [1.29, 1.82) is 0 Å². The van der Waals surface area contributed by atoms with Gasteiger partial charge in [0.2, 0.25) is 0 Å². The van der Waals surface area contributed by atoms with Gasteiger partial charge in [-0.2, -0.15) is 0 Å². The number of carbonyl (C=O) groups excluding carboxylic acids is 1. The van der Waals surface area contributed by atoms with Gasteiger partial charge in [0.05, 0.1) is 24.7 Å². The number of carboxylic acids is 1. The maximum Gasteiger partial charge on any atom is 0.303 e. The molecule has 0 aromatic carbocycles. The minimum atomic E-state index is -1.03. The molecule has 0 unspecified atom stereocenters. The van der Waals surface area contributed by atoms with Crippen LogP contribution in [-0.2, 0) is 9.59 Å². The highest BCUT2D eigenvalue weighted by atomic mass is 16.4. The van der Waals surface area contributed by atoms with Crippen molar-refractivity contribution in [3.05, 3.63) is 12.2 Å².